The molecule has 2 saturated carbocycles. The zero-order chi connectivity index (χ0) is 19.3. The second-order valence-corrected chi connectivity index (χ2v) is 8.25. The van der Waals surface area contributed by atoms with Crippen LogP contribution in [0.15, 0.2) is 35.3 Å². The van der Waals surface area contributed by atoms with Gasteiger partial charge in [-0.05, 0) is 54.1 Å². The van der Waals surface area contributed by atoms with Crippen LogP contribution >= 0.6 is 15.9 Å². The van der Waals surface area contributed by atoms with Crippen molar-refractivity contribution in [1.29, 1.82) is 0 Å². The van der Waals surface area contributed by atoms with Gasteiger partial charge >= 0.3 is 0 Å². The number of rotatable bonds is 5. The molecule has 144 valence electrons. The maximum absolute atomic E-state index is 12.8. The van der Waals surface area contributed by atoms with Gasteiger partial charge in [0.1, 0.15) is 5.69 Å². The summed E-state index contributed by atoms with van der Waals surface area (Å²) < 4.78 is 4.34. The molecule has 5 rings (SSSR count). The van der Waals surface area contributed by atoms with Gasteiger partial charge in [0, 0.05) is 30.7 Å². The fraction of sp³-hybridized carbons (Fsp3) is 0.368. The minimum Gasteiger partial charge on any atom is -0.349 e. The first-order valence-electron chi connectivity index (χ1n) is 9.42. The number of amides is 2. The van der Waals surface area contributed by atoms with Crippen molar-refractivity contribution in [3.8, 4) is 0 Å². The fourth-order valence-corrected chi connectivity index (χ4v) is 3.66. The van der Waals surface area contributed by atoms with E-state index in [9.17, 15) is 9.59 Å². The second-order valence-electron chi connectivity index (χ2n) is 7.39. The molecule has 0 radical (unpaired) electrons. The van der Waals surface area contributed by atoms with Gasteiger partial charge in [-0.3, -0.25) is 9.59 Å². The van der Waals surface area contributed by atoms with Crippen LogP contribution in [0.3, 0.4) is 0 Å². The summed E-state index contributed by atoms with van der Waals surface area (Å²) in [6.07, 6.45) is 12.4. The predicted octanol–water partition coefficient (Wildman–Crippen LogP) is 3.16. The van der Waals surface area contributed by atoms with Gasteiger partial charge in [-0.15, -0.1) is 0 Å². The number of anilines is 1. The molecule has 0 saturated heterocycles. The molecule has 28 heavy (non-hydrogen) atoms. The van der Waals surface area contributed by atoms with Crippen molar-refractivity contribution >= 4 is 39.1 Å². The average Bonchev–Trinajstić information content (AvgIpc) is 3.24. The quantitative estimate of drug-likeness (QED) is 0.634. The number of aromatic nitrogens is 4. The third-order valence-corrected chi connectivity index (χ3v) is 5.87. The average molecular weight is 443 g/mol. The zero-order valence-electron chi connectivity index (χ0n) is 15.1. The highest BCUT2D eigenvalue weighted by atomic mass is 79.9. The van der Waals surface area contributed by atoms with Crippen LogP contribution in [0.25, 0.3) is 5.65 Å². The van der Waals surface area contributed by atoms with Gasteiger partial charge in [0.05, 0.1) is 21.9 Å². The van der Waals surface area contributed by atoms with Crippen molar-refractivity contribution in [2.45, 2.75) is 44.2 Å². The van der Waals surface area contributed by atoms with Crippen molar-refractivity contribution < 1.29 is 9.59 Å². The number of carbonyl (C=O) groups is 2. The summed E-state index contributed by atoms with van der Waals surface area (Å²) in [5.41, 5.74) is 1.84. The van der Waals surface area contributed by atoms with E-state index in [2.05, 4.69) is 36.6 Å². The zero-order valence-corrected chi connectivity index (χ0v) is 16.6. The Kier molecular flexibility index (Phi) is 4.19. The number of fused-ring (bicyclic) bond motifs is 1. The Labute approximate surface area is 169 Å². The first-order valence-corrected chi connectivity index (χ1v) is 10.2. The molecule has 2 aliphatic rings. The number of hydrogen-bond donors (Lipinski definition) is 2. The van der Waals surface area contributed by atoms with E-state index >= 15 is 0 Å². The third kappa shape index (κ3) is 3.19. The Morgan fingerprint density at radius 2 is 1.96 bits per heavy atom. The maximum Gasteiger partial charge on any atom is 0.274 e. The Morgan fingerprint density at radius 3 is 2.68 bits per heavy atom. The van der Waals surface area contributed by atoms with Gasteiger partial charge in [-0.25, -0.2) is 9.50 Å². The van der Waals surface area contributed by atoms with E-state index < -0.39 is 0 Å². The topological polar surface area (TPSA) is 93.3 Å². The van der Waals surface area contributed by atoms with Crippen molar-refractivity contribution in [2.24, 2.45) is 0 Å². The molecule has 0 aliphatic heterocycles. The standard InChI is InChI=1S/C19H19BrN6O2/c20-14-8-21-26-7-6-15(23-17(14)26)19(28)24-16-10-25(12-2-1-3-12)9-13(16)18(27)22-11-4-5-11/h6-12H,1-5H2,(H,22,27)(H,24,28). The molecule has 0 aromatic carbocycles. The fourth-order valence-electron chi connectivity index (χ4n) is 3.30. The van der Waals surface area contributed by atoms with Crippen LogP contribution in [0.1, 0.15) is 59.0 Å². The van der Waals surface area contributed by atoms with Gasteiger partial charge in [-0.1, -0.05) is 0 Å². The molecule has 3 aromatic rings. The minimum absolute atomic E-state index is 0.141. The Balaban J connectivity index is 1.43. The molecule has 9 heteroatoms. The number of nitrogens with one attached hydrogen (secondary N) is 2. The van der Waals surface area contributed by atoms with E-state index in [1.807, 2.05) is 17.0 Å². The van der Waals surface area contributed by atoms with E-state index in [1.54, 1.807) is 23.0 Å². The summed E-state index contributed by atoms with van der Waals surface area (Å²) in [6, 6.07) is 2.26. The summed E-state index contributed by atoms with van der Waals surface area (Å²) in [7, 11) is 0. The van der Waals surface area contributed by atoms with Crippen LogP contribution in [-0.2, 0) is 0 Å². The lowest BCUT2D eigenvalue weighted by Gasteiger charge is -2.26. The van der Waals surface area contributed by atoms with Crippen LogP contribution in [-0.4, -0.2) is 37.0 Å². The Bertz CT molecular complexity index is 1080. The lowest BCUT2D eigenvalue weighted by Crippen LogP contribution is -2.26. The van der Waals surface area contributed by atoms with Gasteiger partial charge in [-0.2, -0.15) is 5.10 Å². The monoisotopic (exact) mass is 442 g/mol. The van der Waals surface area contributed by atoms with E-state index in [4.69, 9.17) is 0 Å². The van der Waals surface area contributed by atoms with Crippen LogP contribution in [0.4, 0.5) is 5.69 Å². The normalized spacial score (nSPS) is 16.8. The van der Waals surface area contributed by atoms with E-state index in [0.29, 0.717) is 27.4 Å². The Morgan fingerprint density at radius 1 is 1.14 bits per heavy atom. The van der Waals surface area contributed by atoms with E-state index in [1.165, 1.54) is 6.42 Å². The van der Waals surface area contributed by atoms with Crippen molar-refractivity contribution in [1.82, 2.24) is 24.5 Å². The number of carbonyl (C=O) groups excluding carboxylic acids is 2. The molecule has 2 N–H and O–H groups in total. The second kappa shape index (κ2) is 6.73. The van der Waals surface area contributed by atoms with Crippen LogP contribution in [0.2, 0.25) is 0 Å². The predicted molar refractivity (Wildman–Crippen MR) is 106 cm³/mol. The number of halogens is 1. The van der Waals surface area contributed by atoms with Crippen molar-refractivity contribution in [3.63, 3.8) is 0 Å². The minimum atomic E-state index is -0.359. The molecule has 3 aromatic heterocycles. The highest BCUT2D eigenvalue weighted by Gasteiger charge is 2.28. The summed E-state index contributed by atoms with van der Waals surface area (Å²) in [4.78, 5) is 29.8. The number of nitrogens with zero attached hydrogens (tertiary/aromatic N) is 4. The van der Waals surface area contributed by atoms with Gasteiger partial charge in [0.2, 0.25) is 0 Å². The molecule has 2 fully saturated rings. The van der Waals surface area contributed by atoms with Gasteiger partial charge < -0.3 is 15.2 Å². The SMILES string of the molecule is O=C(Nc1cn(C2CCC2)cc1C(=O)NC1CC1)c1ccn2ncc(Br)c2n1. The summed E-state index contributed by atoms with van der Waals surface area (Å²) in [5, 5.41) is 10.0. The van der Waals surface area contributed by atoms with Gasteiger partial charge in [0.25, 0.3) is 11.8 Å². The summed E-state index contributed by atoms with van der Waals surface area (Å²) in [6.45, 7) is 0. The van der Waals surface area contributed by atoms with Crippen molar-refractivity contribution in [2.75, 3.05) is 5.32 Å². The largest absolute Gasteiger partial charge is 0.349 e. The van der Waals surface area contributed by atoms with Gasteiger partial charge in [0.15, 0.2) is 5.65 Å². The highest BCUT2D eigenvalue weighted by Crippen LogP contribution is 2.34. The lowest BCUT2D eigenvalue weighted by atomic mass is 9.93. The highest BCUT2D eigenvalue weighted by molar-refractivity contribution is 9.10. The molecular formula is C19H19BrN6O2. The molecule has 3 heterocycles. The molecule has 8 nitrogen and oxygen atoms in total. The van der Waals surface area contributed by atoms with Crippen LogP contribution in [0.5, 0.6) is 0 Å². The maximum atomic E-state index is 12.8. The molecule has 2 aliphatic carbocycles. The molecule has 0 bridgehead atoms. The van der Waals surface area contributed by atoms with E-state index in [-0.39, 0.29) is 23.6 Å². The first kappa shape index (κ1) is 17.4. The molecule has 2 amide bonds. The Hall–Kier alpha value is -2.68. The lowest BCUT2D eigenvalue weighted by molar-refractivity contribution is 0.0951. The summed E-state index contributed by atoms with van der Waals surface area (Å²) >= 11 is 3.38. The third-order valence-electron chi connectivity index (χ3n) is 5.31. The molecule has 0 spiro atoms. The van der Waals surface area contributed by atoms with Crippen molar-refractivity contribution in [3.05, 3.63) is 46.6 Å². The molecule has 0 unspecified atom stereocenters. The summed E-state index contributed by atoms with van der Waals surface area (Å²) in [5.74, 6) is -0.500. The number of hydrogen-bond acceptors (Lipinski definition) is 4. The molecule has 0 atom stereocenters. The first-order chi connectivity index (χ1) is 13.6. The van der Waals surface area contributed by atoms with Crippen LogP contribution in [0, 0.1) is 0 Å². The van der Waals surface area contributed by atoms with E-state index in [0.717, 1.165) is 25.7 Å². The molecular weight excluding hydrogens is 424 g/mol. The van der Waals surface area contributed by atoms with Crippen LogP contribution < -0.4 is 10.6 Å². The smallest absolute Gasteiger partial charge is 0.274 e.